The van der Waals surface area contributed by atoms with Gasteiger partial charge < -0.3 is 5.32 Å². The molecule has 1 N–H and O–H groups in total. The van der Waals surface area contributed by atoms with Crippen molar-refractivity contribution in [3.63, 3.8) is 0 Å². The van der Waals surface area contributed by atoms with Crippen molar-refractivity contribution in [3.8, 4) is 0 Å². The summed E-state index contributed by atoms with van der Waals surface area (Å²) in [7, 11) is -1.96. The second-order valence-corrected chi connectivity index (χ2v) is 8.79. The van der Waals surface area contributed by atoms with Crippen LogP contribution in [0.1, 0.15) is 38.4 Å². The van der Waals surface area contributed by atoms with E-state index in [4.69, 9.17) is 0 Å². The van der Waals surface area contributed by atoms with Crippen LogP contribution in [0.2, 0.25) is 0 Å². The van der Waals surface area contributed by atoms with E-state index < -0.39 is 10.0 Å². The number of carbonyl (C=O) groups excluding carboxylic acids is 1. The monoisotopic (exact) mass is 394 g/mol. The first-order valence-corrected chi connectivity index (χ1v) is 10.6. The van der Waals surface area contributed by atoms with Crippen LogP contribution >= 0.6 is 0 Å². The molecule has 0 aliphatic carbocycles. The normalized spacial score (nSPS) is 19.7. The van der Waals surface area contributed by atoms with E-state index in [-0.39, 0.29) is 29.3 Å². The lowest BCUT2D eigenvalue weighted by molar-refractivity contribution is -0.126. The number of piperidine rings is 1. The zero-order chi connectivity index (χ0) is 19.6. The fourth-order valence-corrected chi connectivity index (χ4v) is 4.95. The molecule has 148 valence electrons. The number of hydrogen-bond donors (Lipinski definition) is 1. The summed E-state index contributed by atoms with van der Waals surface area (Å²) < 4.78 is 30.3. The van der Waals surface area contributed by atoms with Gasteiger partial charge in [0.15, 0.2) is 0 Å². The molecule has 0 spiro atoms. The molecule has 0 bridgehead atoms. The van der Waals surface area contributed by atoms with Crippen LogP contribution in [0.15, 0.2) is 29.6 Å². The van der Waals surface area contributed by atoms with Gasteiger partial charge in [-0.15, -0.1) is 0 Å². The van der Waals surface area contributed by atoms with Crippen LogP contribution < -0.4 is 5.32 Å². The van der Waals surface area contributed by atoms with Crippen molar-refractivity contribution < 1.29 is 13.2 Å². The van der Waals surface area contributed by atoms with Crippen LogP contribution in [0.5, 0.6) is 0 Å². The summed E-state index contributed by atoms with van der Waals surface area (Å²) in [5.74, 6) is -0.497. The highest BCUT2D eigenvalue weighted by Gasteiger charge is 2.34. The van der Waals surface area contributed by atoms with E-state index >= 15 is 0 Å². The second kappa shape index (κ2) is 7.81. The van der Waals surface area contributed by atoms with E-state index in [1.807, 2.05) is 24.6 Å². The van der Waals surface area contributed by atoms with Gasteiger partial charge in [0.25, 0.3) is 0 Å². The number of carbonyl (C=O) groups is 1. The lowest BCUT2D eigenvalue weighted by Crippen LogP contribution is -2.45. The first-order chi connectivity index (χ1) is 12.8. The molecular weight excluding hydrogens is 368 g/mol. The third-order valence-corrected chi connectivity index (χ3v) is 6.74. The van der Waals surface area contributed by atoms with Gasteiger partial charge in [-0.05, 0) is 32.8 Å². The number of nitrogens with zero attached hydrogens (tertiary/aromatic N) is 5. The molecule has 2 aromatic rings. The molecule has 1 fully saturated rings. The van der Waals surface area contributed by atoms with Crippen LogP contribution in [-0.4, -0.2) is 51.3 Å². The summed E-state index contributed by atoms with van der Waals surface area (Å²) in [6.45, 7) is 5.23. The maximum Gasteiger partial charge on any atom is 0.246 e. The molecule has 2 atom stereocenters. The molecule has 9 nitrogen and oxygen atoms in total. The van der Waals surface area contributed by atoms with Crippen LogP contribution in [0.3, 0.4) is 0 Å². The molecule has 1 saturated heterocycles. The Bertz CT molecular complexity index is 903. The Labute approximate surface area is 159 Å². The van der Waals surface area contributed by atoms with Crippen molar-refractivity contribution in [1.29, 1.82) is 0 Å². The van der Waals surface area contributed by atoms with Crippen molar-refractivity contribution >= 4 is 15.9 Å². The highest BCUT2D eigenvalue weighted by atomic mass is 32.2. The van der Waals surface area contributed by atoms with Crippen LogP contribution in [-0.2, 0) is 28.4 Å². The molecule has 3 heterocycles. The summed E-state index contributed by atoms with van der Waals surface area (Å²) in [6.07, 6.45) is 5.85. The fraction of sp³-hybridized carbons (Fsp3) is 0.588. The Morgan fingerprint density at radius 3 is 2.85 bits per heavy atom. The average molecular weight is 395 g/mol. The third kappa shape index (κ3) is 4.06. The quantitative estimate of drug-likeness (QED) is 0.785. The van der Waals surface area contributed by atoms with Crippen LogP contribution in [0, 0.1) is 5.92 Å². The first kappa shape index (κ1) is 19.6. The maximum absolute atomic E-state index is 12.8. The van der Waals surface area contributed by atoms with E-state index in [1.165, 1.54) is 21.4 Å². The van der Waals surface area contributed by atoms with Gasteiger partial charge in [0.2, 0.25) is 15.9 Å². The van der Waals surface area contributed by atoms with E-state index in [9.17, 15) is 13.2 Å². The molecule has 0 radical (unpaired) electrons. The molecule has 3 rings (SSSR count). The predicted molar refractivity (Wildman–Crippen MR) is 99.1 cm³/mol. The van der Waals surface area contributed by atoms with Crippen molar-refractivity contribution in [2.75, 3.05) is 13.1 Å². The number of aromatic nitrogens is 4. The van der Waals surface area contributed by atoms with Gasteiger partial charge in [-0.3, -0.25) is 14.2 Å². The van der Waals surface area contributed by atoms with Crippen molar-refractivity contribution in [1.82, 2.24) is 29.2 Å². The average Bonchev–Trinajstić information content (AvgIpc) is 3.30. The molecule has 27 heavy (non-hydrogen) atoms. The lowest BCUT2D eigenvalue weighted by atomic mass is 9.98. The van der Waals surface area contributed by atoms with E-state index in [2.05, 4.69) is 15.5 Å². The largest absolute Gasteiger partial charge is 0.348 e. The minimum absolute atomic E-state index is 0.127. The smallest absolute Gasteiger partial charge is 0.246 e. The maximum atomic E-state index is 12.8. The van der Waals surface area contributed by atoms with Crippen molar-refractivity contribution in [2.45, 2.75) is 44.2 Å². The van der Waals surface area contributed by atoms with E-state index in [0.29, 0.717) is 19.4 Å². The van der Waals surface area contributed by atoms with E-state index in [0.717, 1.165) is 12.2 Å². The van der Waals surface area contributed by atoms with Gasteiger partial charge in [-0.25, -0.2) is 8.42 Å². The van der Waals surface area contributed by atoms with Crippen LogP contribution in [0.25, 0.3) is 0 Å². The molecule has 0 aromatic carbocycles. The highest BCUT2D eigenvalue weighted by Crippen LogP contribution is 2.24. The predicted octanol–water partition coefficient (Wildman–Crippen LogP) is 0.915. The Hall–Kier alpha value is -2.20. The number of sulfonamides is 1. The number of rotatable bonds is 6. The van der Waals surface area contributed by atoms with E-state index in [1.54, 1.807) is 13.2 Å². The van der Waals surface area contributed by atoms with Gasteiger partial charge in [0, 0.05) is 39.1 Å². The van der Waals surface area contributed by atoms with Crippen LogP contribution in [0.4, 0.5) is 0 Å². The molecule has 0 saturated carbocycles. The Kier molecular flexibility index (Phi) is 5.66. The van der Waals surface area contributed by atoms with Gasteiger partial charge >= 0.3 is 0 Å². The minimum atomic E-state index is -3.63. The van der Waals surface area contributed by atoms with Gasteiger partial charge in [-0.2, -0.15) is 14.5 Å². The number of nitrogens with one attached hydrogen (secondary N) is 1. The highest BCUT2D eigenvalue weighted by molar-refractivity contribution is 7.89. The molecule has 0 unspecified atom stereocenters. The summed E-state index contributed by atoms with van der Waals surface area (Å²) in [5.41, 5.74) is 0.932. The third-order valence-electron chi connectivity index (χ3n) is 4.93. The molecule has 1 aliphatic heterocycles. The lowest BCUT2D eigenvalue weighted by Gasteiger charge is -2.31. The summed E-state index contributed by atoms with van der Waals surface area (Å²) in [4.78, 5) is 12.9. The molecule has 2 aromatic heterocycles. The zero-order valence-electron chi connectivity index (χ0n) is 15.9. The zero-order valence-corrected chi connectivity index (χ0v) is 16.7. The number of amides is 1. The Morgan fingerprint density at radius 2 is 2.19 bits per heavy atom. The summed E-state index contributed by atoms with van der Waals surface area (Å²) in [6, 6.07) is 1.69. The summed E-state index contributed by atoms with van der Waals surface area (Å²) in [5, 5.41) is 11.2. The SMILES string of the molecule is CCn1nccc1[C@H](C)NC(=O)[C@@H]1CCCN(S(=O)(=O)c2cnn(C)c2)C1. The van der Waals surface area contributed by atoms with Gasteiger partial charge in [-0.1, -0.05) is 0 Å². The molecular formula is C17H26N6O3S. The molecule has 1 aliphatic rings. The Morgan fingerprint density at radius 1 is 1.41 bits per heavy atom. The molecule has 1 amide bonds. The van der Waals surface area contributed by atoms with Gasteiger partial charge in [0.05, 0.1) is 23.9 Å². The standard InChI is InChI=1S/C17H26N6O3S/c1-4-23-16(7-8-18-23)13(2)20-17(24)14-6-5-9-22(11-14)27(25,26)15-10-19-21(3)12-15/h7-8,10,12-14H,4-6,9,11H2,1-3H3,(H,20,24)/t13-,14+/m0/s1. The Balaban J connectivity index is 1.68. The van der Waals surface area contributed by atoms with Crippen molar-refractivity contribution in [2.24, 2.45) is 13.0 Å². The second-order valence-electron chi connectivity index (χ2n) is 6.85. The van der Waals surface area contributed by atoms with Crippen molar-refractivity contribution in [3.05, 3.63) is 30.4 Å². The molecule has 10 heteroatoms. The number of aryl methyl sites for hydroxylation is 2. The fourth-order valence-electron chi connectivity index (χ4n) is 3.44. The first-order valence-electron chi connectivity index (χ1n) is 9.13. The minimum Gasteiger partial charge on any atom is -0.348 e. The summed E-state index contributed by atoms with van der Waals surface area (Å²) >= 11 is 0. The number of hydrogen-bond acceptors (Lipinski definition) is 5. The topological polar surface area (TPSA) is 102 Å². The van der Waals surface area contributed by atoms with Gasteiger partial charge in [0.1, 0.15) is 4.90 Å².